The van der Waals surface area contributed by atoms with Gasteiger partial charge in [0.05, 0.1) is 6.10 Å². The van der Waals surface area contributed by atoms with E-state index >= 15 is 0 Å². The van der Waals surface area contributed by atoms with Gasteiger partial charge in [-0.05, 0) is 61.0 Å². The predicted molar refractivity (Wildman–Crippen MR) is 135 cm³/mol. The number of carbonyl (C=O) groups excluding carboxylic acids is 2. The molecule has 178 valence electrons. The lowest BCUT2D eigenvalue weighted by Crippen LogP contribution is -2.45. The number of aromatic nitrogens is 1. The zero-order valence-electron chi connectivity index (χ0n) is 19.5. The summed E-state index contributed by atoms with van der Waals surface area (Å²) in [6, 6.07) is 16.0. The van der Waals surface area contributed by atoms with E-state index in [1.807, 2.05) is 6.92 Å². The van der Waals surface area contributed by atoms with Crippen LogP contribution >= 0.6 is 0 Å². The maximum Gasteiger partial charge on any atom is 0.322 e. The predicted octanol–water partition coefficient (Wildman–Crippen LogP) is 3.39. The Labute approximate surface area is 203 Å². The lowest BCUT2D eigenvalue weighted by atomic mass is 10.1. The van der Waals surface area contributed by atoms with E-state index in [-0.39, 0.29) is 24.1 Å². The van der Waals surface area contributed by atoms with Crippen LogP contribution in [0.25, 0.3) is 5.69 Å². The van der Waals surface area contributed by atoms with Gasteiger partial charge in [0.25, 0.3) is 5.56 Å². The van der Waals surface area contributed by atoms with E-state index in [9.17, 15) is 14.4 Å². The number of urea groups is 1. The molecule has 2 atom stereocenters. The highest BCUT2D eigenvalue weighted by molar-refractivity contribution is 5.99. The topological polar surface area (TPSA) is 92.7 Å². The van der Waals surface area contributed by atoms with Gasteiger partial charge in [-0.1, -0.05) is 12.0 Å². The Morgan fingerprint density at radius 2 is 1.66 bits per heavy atom. The van der Waals surface area contributed by atoms with Crippen LogP contribution in [0.2, 0.25) is 0 Å². The van der Waals surface area contributed by atoms with Gasteiger partial charge in [-0.3, -0.25) is 14.2 Å². The quantitative estimate of drug-likeness (QED) is 0.559. The fourth-order valence-electron chi connectivity index (χ4n) is 4.01. The molecule has 0 radical (unpaired) electrons. The first-order valence-corrected chi connectivity index (χ1v) is 11.2. The summed E-state index contributed by atoms with van der Waals surface area (Å²) in [6.07, 6.45) is 7.26. The summed E-state index contributed by atoms with van der Waals surface area (Å²) in [5, 5.41) is 5.69. The molecule has 1 fully saturated rings. The normalized spacial score (nSPS) is 17.0. The van der Waals surface area contributed by atoms with E-state index < -0.39 is 12.1 Å². The number of nitrogens with zero attached hydrogens (tertiary/aromatic N) is 2. The minimum absolute atomic E-state index is 0.139. The lowest BCUT2D eigenvalue weighted by molar-refractivity contribution is -0.119. The first kappa shape index (κ1) is 23.8. The number of amides is 3. The SMILES string of the molecule is C#Cc1ccc(NC(=O)N2C[C@H](OC)C[C@@H]2C(=O)Nc2ccc(-n3cc(C)ccc3=O)cc2)cc1. The second kappa shape index (κ2) is 10.3. The second-order valence-corrected chi connectivity index (χ2v) is 8.36. The highest BCUT2D eigenvalue weighted by atomic mass is 16.5. The number of pyridine rings is 1. The van der Waals surface area contributed by atoms with Crippen molar-refractivity contribution in [3.63, 3.8) is 0 Å². The maximum absolute atomic E-state index is 13.1. The van der Waals surface area contributed by atoms with Crippen LogP contribution in [-0.4, -0.2) is 47.2 Å². The molecule has 8 heteroatoms. The van der Waals surface area contributed by atoms with Gasteiger partial charge < -0.3 is 20.3 Å². The number of methoxy groups -OCH3 is 1. The Morgan fingerprint density at radius 1 is 1.00 bits per heavy atom. The summed E-state index contributed by atoms with van der Waals surface area (Å²) >= 11 is 0. The molecule has 3 amide bonds. The molecule has 0 spiro atoms. The highest BCUT2D eigenvalue weighted by Crippen LogP contribution is 2.23. The summed E-state index contributed by atoms with van der Waals surface area (Å²) in [7, 11) is 1.56. The van der Waals surface area contributed by atoms with Gasteiger partial charge in [0, 0.05) is 55.0 Å². The summed E-state index contributed by atoms with van der Waals surface area (Å²) in [5.41, 5.74) is 3.36. The van der Waals surface area contributed by atoms with E-state index in [4.69, 9.17) is 11.2 Å². The van der Waals surface area contributed by atoms with Crippen LogP contribution < -0.4 is 16.2 Å². The van der Waals surface area contributed by atoms with Gasteiger partial charge in [-0.25, -0.2) is 4.79 Å². The number of aryl methyl sites for hydroxylation is 1. The Hall–Kier alpha value is -4.35. The number of hydrogen-bond acceptors (Lipinski definition) is 4. The van der Waals surface area contributed by atoms with Crippen molar-refractivity contribution in [1.82, 2.24) is 9.47 Å². The number of carbonyl (C=O) groups is 2. The Kier molecular flexibility index (Phi) is 6.99. The van der Waals surface area contributed by atoms with Crippen molar-refractivity contribution in [2.75, 3.05) is 24.3 Å². The first-order valence-electron chi connectivity index (χ1n) is 11.2. The van der Waals surface area contributed by atoms with E-state index in [0.29, 0.717) is 29.0 Å². The van der Waals surface area contributed by atoms with E-state index in [1.54, 1.807) is 72.5 Å². The minimum atomic E-state index is -0.705. The number of terminal acetylenes is 1. The fourth-order valence-corrected chi connectivity index (χ4v) is 4.01. The van der Waals surface area contributed by atoms with Crippen LogP contribution in [0.1, 0.15) is 17.5 Å². The molecular formula is C27H26N4O4. The molecule has 3 aromatic rings. The molecular weight excluding hydrogens is 444 g/mol. The molecule has 2 aromatic carbocycles. The Morgan fingerprint density at radius 3 is 2.31 bits per heavy atom. The first-order chi connectivity index (χ1) is 16.9. The van der Waals surface area contributed by atoms with E-state index in [0.717, 1.165) is 5.56 Å². The third kappa shape index (κ3) is 5.42. The fraction of sp³-hybridized carbons (Fsp3) is 0.222. The molecule has 0 aliphatic carbocycles. The van der Waals surface area contributed by atoms with Gasteiger partial charge in [0.1, 0.15) is 6.04 Å². The van der Waals surface area contributed by atoms with Crippen molar-refractivity contribution in [3.05, 3.63) is 88.3 Å². The van der Waals surface area contributed by atoms with Gasteiger partial charge in [0.15, 0.2) is 0 Å². The van der Waals surface area contributed by atoms with Gasteiger partial charge in [-0.2, -0.15) is 0 Å². The van der Waals surface area contributed by atoms with Crippen LogP contribution in [0.3, 0.4) is 0 Å². The van der Waals surface area contributed by atoms with Crippen molar-refractivity contribution in [2.24, 2.45) is 0 Å². The average molecular weight is 471 g/mol. The van der Waals surface area contributed by atoms with Crippen LogP contribution in [0.4, 0.5) is 16.2 Å². The van der Waals surface area contributed by atoms with Crippen LogP contribution in [0.15, 0.2) is 71.7 Å². The summed E-state index contributed by atoms with van der Waals surface area (Å²) in [4.78, 5) is 39.7. The van der Waals surface area contributed by atoms with Crippen LogP contribution in [0, 0.1) is 19.3 Å². The lowest BCUT2D eigenvalue weighted by Gasteiger charge is -2.24. The molecule has 2 N–H and O–H groups in total. The number of nitrogens with one attached hydrogen (secondary N) is 2. The molecule has 2 heterocycles. The molecule has 4 rings (SSSR count). The van der Waals surface area contributed by atoms with Gasteiger partial charge in [0.2, 0.25) is 5.91 Å². The van der Waals surface area contributed by atoms with Crippen molar-refractivity contribution >= 4 is 23.3 Å². The zero-order chi connectivity index (χ0) is 24.9. The van der Waals surface area contributed by atoms with Gasteiger partial charge in [-0.15, -0.1) is 6.42 Å². The molecule has 35 heavy (non-hydrogen) atoms. The number of ether oxygens (including phenoxy) is 1. The van der Waals surface area contributed by atoms with Crippen molar-refractivity contribution in [3.8, 4) is 18.0 Å². The smallest absolute Gasteiger partial charge is 0.322 e. The average Bonchev–Trinajstić information content (AvgIpc) is 3.32. The van der Waals surface area contributed by atoms with E-state index in [2.05, 4.69) is 16.6 Å². The summed E-state index contributed by atoms with van der Waals surface area (Å²) in [6.45, 7) is 2.20. The summed E-state index contributed by atoms with van der Waals surface area (Å²) in [5.74, 6) is 2.21. The molecule has 1 aromatic heterocycles. The second-order valence-electron chi connectivity index (χ2n) is 8.36. The summed E-state index contributed by atoms with van der Waals surface area (Å²) < 4.78 is 6.98. The number of benzene rings is 2. The van der Waals surface area contributed by atoms with E-state index in [1.165, 1.54) is 11.0 Å². The largest absolute Gasteiger partial charge is 0.380 e. The Bertz CT molecular complexity index is 1320. The van der Waals surface area contributed by atoms with Crippen LogP contribution in [0.5, 0.6) is 0 Å². The van der Waals surface area contributed by atoms with Gasteiger partial charge >= 0.3 is 6.03 Å². The maximum atomic E-state index is 13.1. The number of hydrogen-bond donors (Lipinski definition) is 2. The zero-order valence-corrected chi connectivity index (χ0v) is 19.5. The Balaban J connectivity index is 1.46. The third-order valence-corrected chi connectivity index (χ3v) is 5.93. The molecule has 0 bridgehead atoms. The molecule has 0 saturated carbocycles. The molecule has 1 aliphatic heterocycles. The van der Waals surface area contributed by atoms with Crippen LogP contribution in [-0.2, 0) is 9.53 Å². The monoisotopic (exact) mass is 470 g/mol. The number of rotatable bonds is 5. The molecule has 0 unspecified atom stereocenters. The molecule has 8 nitrogen and oxygen atoms in total. The highest BCUT2D eigenvalue weighted by Gasteiger charge is 2.40. The van der Waals surface area contributed by atoms with Crippen molar-refractivity contribution in [2.45, 2.75) is 25.5 Å². The third-order valence-electron chi connectivity index (χ3n) is 5.93. The standard InChI is InChI=1S/C27H26N4O4/c1-4-19-6-8-21(9-7-19)29-27(34)31-17-23(35-3)15-24(31)26(33)28-20-10-12-22(13-11-20)30-16-18(2)5-14-25(30)32/h1,5-14,16,23-24H,15,17H2,2-3H3,(H,28,33)(H,29,34)/t23-,24-/m1/s1. The minimum Gasteiger partial charge on any atom is -0.380 e. The van der Waals surface area contributed by atoms with Crippen molar-refractivity contribution in [1.29, 1.82) is 0 Å². The molecule has 1 aliphatic rings. The number of likely N-dealkylation sites (tertiary alicyclic amines) is 1. The number of anilines is 2. The van der Waals surface area contributed by atoms with Crippen molar-refractivity contribution < 1.29 is 14.3 Å². The molecule has 1 saturated heterocycles.